The van der Waals surface area contributed by atoms with Gasteiger partial charge in [0.2, 0.25) is 0 Å². The lowest BCUT2D eigenvalue weighted by Gasteiger charge is -2.41. The van der Waals surface area contributed by atoms with Crippen molar-refractivity contribution in [2.75, 3.05) is 26.2 Å². The Bertz CT molecular complexity index is 511. The maximum absolute atomic E-state index is 4.42. The summed E-state index contributed by atoms with van der Waals surface area (Å²) in [5, 5.41) is 12.7. The molecule has 0 unspecified atom stereocenters. The molecule has 0 amide bonds. The lowest BCUT2D eigenvalue weighted by atomic mass is 10.0. The van der Waals surface area contributed by atoms with Crippen LogP contribution in [0.1, 0.15) is 78.1 Å². The fraction of sp³-hybridized carbons (Fsp3) is 0.944. The van der Waals surface area contributed by atoms with Gasteiger partial charge in [0.15, 0.2) is 5.82 Å². The second kappa shape index (κ2) is 7.48. The van der Waals surface area contributed by atoms with E-state index < -0.39 is 0 Å². The van der Waals surface area contributed by atoms with Gasteiger partial charge in [0, 0.05) is 32.2 Å². The largest absolute Gasteiger partial charge is 0.298 e. The van der Waals surface area contributed by atoms with Crippen molar-refractivity contribution in [3.8, 4) is 0 Å². The molecule has 1 aromatic heterocycles. The highest BCUT2D eigenvalue weighted by molar-refractivity contribution is 4.98. The fourth-order valence-electron chi connectivity index (χ4n) is 4.27. The van der Waals surface area contributed by atoms with Crippen LogP contribution in [0.3, 0.4) is 0 Å². The second-order valence-corrected chi connectivity index (χ2v) is 8.05. The highest BCUT2D eigenvalue weighted by atomic mass is 15.6. The summed E-state index contributed by atoms with van der Waals surface area (Å²) in [5.74, 6) is 1.04. The van der Waals surface area contributed by atoms with Crippen molar-refractivity contribution in [1.29, 1.82) is 0 Å². The number of aromatic nitrogens is 4. The topological polar surface area (TPSA) is 50.1 Å². The third-order valence-electron chi connectivity index (χ3n) is 6.25. The molecule has 0 spiro atoms. The first kappa shape index (κ1) is 17.8. The molecule has 136 valence electrons. The molecule has 24 heavy (non-hydrogen) atoms. The Labute approximate surface area is 146 Å². The van der Waals surface area contributed by atoms with E-state index in [0.717, 1.165) is 37.8 Å². The molecule has 1 saturated carbocycles. The van der Waals surface area contributed by atoms with Crippen molar-refractivity contribution >= 4 is 0 Å². The van der Waals surface area contributed by atoms with E-state index in [0.29, 0.717) is 6.04 Å². The monoisotopic (exact) mass is 334 g/mol. The lowest BCUT2D eigenvalue weighted by Crippen LogP contribution is -2.51. The summed E-state index contributed by atoms with van der Waals surface area (Å²) in [6.07, 6.45) is 7.73. The number of tetrazole rings is 1. The molecule has 2 fully saturated rings. The molecule has 1 aliphatic heterocycles. The molecule has 0 N–H and O–H groups in total. The van der Waals surface area contributed by atoms with E-state index in [2.05, 4.69) is 57.7 Å². The second-order valence-electron chi connectivity index (χ2n) is 8.05. The van der Waals surface area contributed by atoms with Gasteiger partial charge in [0.25, 0.3) is 0 Å². The number of hydrogen-bond acceptors (Lipinski definition) is 5. The summed E-state index contributed by atoms with van der Waals surface area (Å²) in [7, 11) is 0. The highest BCUT2D eigenvalue weighted by Gasteiger charge is 2.33. The summed E-state index contributed by atoms with van der Waals surface area (Å²) in [6.45, 7) is 13.6. The van der Waals surface area contributed by atoms with Crippen LogP contribution in [0.15, 0.2) is 0 Å². The molecular formula is C18H34N6. The average molecular weight is 335 g/mol. The molecule has 1 saturated heterocycles. The van der Waals surface area contributed by atoms with E-state index in [-0.39, 0.29) is 5.54 Å². The minimum Gasteiger partial charge on any atom is -0.298 e. The summed E-state index contributed by atoms with van der Waals surface area (Å²) >= 11 is 0. The van der Waals surface area contributed by atoms with Gasteiger partial charge in [-0.1, -0.05) is 26.7 Å². The van der Waals surface area contributed by atoms with Gasteiger partial charge < -0.3 is 0 Å². The Morgan fingerprint density at radius 3 is 2.33 bits per heavy atom. The van der Waals surface area contributed by atoms with Crippen LogP contribution in [0.25, 0.3) is 0 Å². The van der Waals surface area contributed by atoms with Gasteiger partial charge in [-0.3, -0.25) is 9.80 Å². The van der Waals surface area contributed by atoms with Crippen molar-refractivity contribution < 1.29 is 0 Å². The molecule has 6 heteroatoms. The fourth-order valence-corrected chi connectivity index (χ4v) is 4.27. The van der Waals surface area contributed by atoms with Crippen molar-refractivity contribution in [2.24, 2.45) is 0 Å². The highest BCUT2D eigenvalue weighted by Crippen LogP contribution is 2.30. The van der Waals surface area contributed by atoms with E-state index in [4.69, 9.17) is 0 Å². The smallest absolute Gasteiger partial charge is 0.168 e. The van der Waals surface area contributed by atoms with E-state index in [1.54, 1.807) is 0 Å². The molecule has 1 atom stereocenters. The molecular weight excluding hydrogens is 300 g/mol. The van der Waals surface area contributed by atoms with Gasteiger partial charge in [0.05, 0.1) is 11.6 Å². The Kier molecular flexibility index (Phi) is 5.55. The predicted molar refractivity (Wildman–Crippen MR) is 95.9 cm³/mol. The van der Waals surface area contributed by atoms with E-state index in [1.165, 1.54) is 38.8 Å². The van der Waals surface area contributed by atoms with Gasteiger partial charge >= 0.3 is 0 Å². The number of rotatable bonds is 6. The first-order valence-corrected chi connectivity index (χ1v) is 9.83. The average Bonchev–Trinajstić information content (AvgIpc) is 3.28. The summed E-state index contributed by atoms with van der Waals surface area (Å²) < 4.78 is 2.06. The van der Waals surface area contributed by atoms with Crippen LogP contribution in [-0.2, 0) is 5.54 Å². The van der Waals surface area contributed by atoms with E-state index in [9.17, 15) is 0 Å². The molecule has 0 bridgehead atoms. The zero-order chi connectivity index (χ0) is 17.2. The molecule has 0 aromatic carbocycles. The van der Waals surface area contributed by atoms with Crippen LogP contribution in [0.2, 0.25) is 0 Å². The van der Waals surface area contributed by atoms with Gasteiger partial charge in [-0.05, 0) is 50.0 Å². The standard InChI is InChI=1S/C18H34N6/c1-5-16(17-19-20-21-24(17)18(3,4)6-2)23-13-11-22(12-14-23)15-9-7-8-10-15/h15-16H,5-14H2,1-4H3/t16-/m0/s1. The van der Waals surface area contributed by atoms with Crippen LogP contribution >= 0.6 is 0 Å². The first-order chi connectivity index (χ1) is 11.6. The Morgan fingerprint density at radius 2 is 1.75 bits per heavy atom. The minimum absolute atomic E-state index is 0.0298. The molecule has 2 aliphatic rings. The molecule has 1 aromatic rings. The first-order valence-electron chi connectivity index (χ1n) is 9.83. The van der Waals surface area contributed by atoms with Crippen molar-refractivity contribution in [1.82, 2.24) is 30.0 Å². The maximum atomic E-state index is 4.42. The van der Waals surface area contributed by atoms with Gasteiger partial charge in [-0.25, -0.2) is 4.68 Å². The summed E-state index contributed by atoms with van der Waals surface area (Å²) in [5.41, 5.74) is -0.0298. The third kappa shape index (κ3) is 3.49. The lowest BCUT2D eigenvalue weighted by molar-refractivity contribution is 0.0623. The van der Waals surface area contributed by atoms with Crippen LogP contribution in [0.4, 0.5) is 0 Å². The Hall–Kier alpha value is -1.01. The molecule has 6 nitrogen and oxygen atoms in total. The van der Waals surface area contributed by atoms with E-state index in [1.807, 2.05) is 0 Å². The maximum Gasteiger partial charge on any atom is 0.168 e. The van der Waals surface area contributed by atoms with Crippen molar-refractivity contribution in [2.45, 2.75) is 83.8 Å². The normalized spacial score (nSPS) is 23.0. The zero-order valence-electron chi connectivity index (χ0n) is 15.9. The SMILES string of the molecule is CC[C@@H](c1nnnn1C(C)(C)CC)N1CCN(C2CCCC2)CC1. The van der Waals surface area contributed by atoms with Crippen LogP contribution in [0, 0.1) is 0 Å². The van der Waals surface area contributed by atoms with Crippen LogP contribution in [0.5, 0.6) is 0 Å². The molecule has 2 heterocycles. The third-order valence-corrected chi connectivity index (χ3v) is 6.25. The van der Waals surface area contributed by atoms with Gasteiger partial charge in [0.1, 0.15) is 0 Å². The molecule has 3 rings (SSSR count). The van der Waals surface area contributed by atoms with E-state index >= 15 is 0 Å². The summed E-state index contributed by atoms with van der Waals surface area (Å²) in [4.78, 5) is 5.31. The number of nitrogens with zero attached hydrogens (tertiary/aromatic N) is 6. The van der Waals surface area contributed by atoms with Crippen LogP contribution < -0.4 is 0 Å². The Morgan fingerprint density at radius 1 is 1.08 bits per heavy atom. The van der Waals surface area contributed by atoms with Crippen molar-refractivity contribution in [3.05, 3.63) is 5.82 Å². The molecule has 0 radical (unpaired) electrons. The van der Waals surface area contributed by atoms with Crippen molar-refractivity contribution in [3.63, 3.8) is 0 Å². The summed E-state index contributed by atoms with van der Waals surface area (Å²) in [6, 6.07) is 1.17. The minimum atomic E-state index is -0.0298. The van der Waals surface area contributed by atoms with Gasteiger partial charge in [-0.2, -0.15) is 0 Å². The quantitative estimate of drug-likeness (QED) is 0.801. The Balaban J connectivity index is 1.68. The number of piperazine rings is 1. The number of hydrogen-bond donors (Lipinski definition) is 0. The van der Waals surface area contributed by atoms with Crippen LogP contribution in [-0.4, -0.2) is 62.2 Å². The van der Waals surface area contributed by atoms with Gasteiger partial charge in [-0.15, -0.1) is 5.10 Å². The molecule has 1 aliphatic carbocycles. The zero-order valence-corrected chi connectivity index (χ0v) is 15.9. The predicted octanol–water partition coefficient (Wildman–Crippen LogP) is 2.83.